The zero-order valence-corrected chi connectivity index (χ0v) is 24.7. The molecule has 4 rings (SSSR count). The number of carbonyl (C=O) groups is 1. The summed E-state index contributed by atoms with van der Waals surface area (Å²) in [6, 6.07) is 7.25. The van der Waals surface area contributed by atoms with Crippen molar-refractivity contribution in [2.45, 2.75) is 63.7 Å². The Labute approximate surface area is 240 Å². The molecule has 2 aromatic heterocycles. The summed E-state index contributed by atoms with van der Waals surface area (Å²) in [6.07, 6.45) is -3.31. The van der Waals surface area contributed by atoms with Crippen molar-refractivity contribution in [3.05, 3.63) is 36.7 Å². The quantitative estimate of drug-likeness (QED) is 0.184. The molecule has 0 bridgehead atoms. The number of benzene rings is 1. The van der Waals surface area contributed by atoms with Crippen LogP contribution in [0.5, 0.6) is 5.75 Å². The normalized spacial score (nSPS) is 26.6. The Morgan fingerprint density at radius 2 is 1.98 bits per heavy atom. The van der Waals surface area contributed by atoms with Gasteiger partial charge in [0.05, 0.1) is 12.4 Å². The number of rotatable bonds is 11. The third-order valence-electron chi connectivity index (χ3n) is 6.12. The molecule has 6 atom stereocenters. The first kappa shape index (κ1) is 30.9. The van der Waals surface area contributed by atoms with Crippen LogP contribution in [-0.2, 0) is 30.6 Å². The van der Waals surface area contributed by atoms with E-state index in [1.807, 2.05) is 0 Å². The van der Waals surface area contributed by atoms with Crippen LogP contribution in [0.2, 0.25) is 0 Å². The summed E-state index contributed by atoms with van der Waals surface area (Å²) in [6.45, 7) is 1.01. The Morgan fingerprint density at radius 1 is 1.29 bits per heavy atom. The predicted octanol–water partition coefficient (Wildman–Crippen LogP) is 2.98. The molecule has 3 aromatic rings. The van der Waals surface area contributed by atoms with Crippen LogP contribution in [0.4, 0.5) is 20.5 Å². The number of nitrogen functional groups attached to an aromatic ring is 1. The smallest absolute Gasteiger partial charge is 0.323 e. The summed E-state index contributed by atoms with van der Waals surface area (Å²) < 4.78 is 55.6. The molecule has 13 nitrogen and oxygen atoms in total. The number of fused-ring (bicyclic) bond motifs is 1. The lowest BCUT2D eigenvalue weighted by Gasteiger charge is -2.30. The molecule has 224 valence electrons. The number of hydrogen-bond donors (Lipinski definition) is 4. The summed E-state index contributed by atoms with van der Waals surface area (Å²) in [7, 11) is 1.58. The molecule has 5 N–H and O–H groups in total. The van der Waals surface area contributed by atoms with Gasteiger partial charge in [0.1, 0.15) is 18.4 Å². The molecule has 0 amide bonds. The van der Waals surface area contributed by atoms with Crippen LogP contribution in [0.15, 0.2) is 36.7 Å². The number of hydrogen-bond acceptors (Lipinski definition) is 12. The number of esters is 1. The van der Waals surface area contributed by atoms with E-state index in [0.717, 1.165) is 11.5 Å². The number of aliphatic hydroxyl groups is 1. The number of aromatic nitrogens is 4. The highest BCUT2D eigenvalue weighted by Crippen LogP contribution is 2.52. The minimum absolute atomic E-state index is 0.0461. The molecular formula is C24H32F2N7O6PS. The molecule has 0 saturated carbocycles. The van der Waals surface area contributed by atoms with Crippen LogP contribution in [0.1, 0.15) is 33.9 Å². The standard InChI is InChI=1S/C24H32F2N7O6PS/c1-13(2)37-19(34)14(3)32-40(41,39-15-9-7-6-8-10-15)36-11-24(26)20(35)23(4,25)21(38-24)33-12-29-16-17(28-5)30-22(27)31-18(16)33/h6-10,12-14,20-21,35H,11H2,1-5H3,(H,32,41)(H3,27,28,30,31)/t14-,20+,21-,23-,24-,40+/m1/s1. The van der Waals surface area contributed by atoms with Crippen LogP contribution in [0.3, 0.4) is 0 Å². The largest absolute Gasteiger partial charge is 0.462 e. The highest BCUT2D eigenvalue weighted by atomic mass is 32.5. The number of halogens is 2. The van der Waals surface area contributed by atoms with Crippen molar-refractivity contribution < 1.29 is 37.2 Å². The Balaban J connectivity index is 1.61. The lowest BCUT2D eigenvalue weighted by Crippen LogP contribution is -2.47. The highest BCUT2D eigenvalue weighted by molar-refractivity contribution is 8.09. The van der Waals surface area contributed by atoms with Crippen molar-refractivity contribution in [1.29, 1.82) is 0 Å². The van der Waals surface area contributed by atoms with Gasteiger partial charge in [-0.1, -0.05) is 18.2 Å². The molecule has 17 heteroatoms. The maximum Gasteiger partial charge on any atom is 0.323 e. The van der Waals surface area contributed by atoms with E-state index in [2.05, 4.69) is 25.4 Å². The van der Waals surface area contributed by atoms with Gasteiger partial charge in [-0.15, -0.1) is 0 Å². The second-order valence-corrected chi connectivity index (χ2v) is 13.0. The monoisotopic (exact) mass is 615 g/mol. The van der Waals surface area contributed by atoms with Crippen LogP contribution in [-0.4, -0.2) is 74.0 Å². The van der Waals surface area contributed by atoms with E-state index in [4.69, 9.17) is 36.1 Å². The number of nitrogens with zero attached hydrogens (tertiary/aromatic N) is 4. The molecule has 1 saturated heterocycles. The average Bonchev–Trinajstić information content (AvgIpc) is 3.39. The van der Waals surface area contributed by atoms with Gasteiger partial charge < -0.3 is 34.7 Å². The first-order valence-corrected chi connectivity index (χ1v) is 15.2. The molecule has 41 heavy (non-hydrogen) atoms. The van der Waals surface area contributed by atoms with Gasteiger partial charge in [-0.2, -0.15) is 9.97 Å². The number of para-hydroxylation sites is 1. The molecule has 0 aliphatic carbocycles. The third-order valence-corrected chi connectivity index (χ3v) is 8.60. The van der Waals surface area contributed by atoms with E-state index in [1.54, 1.807) is 51.2 Å². The summed E-state index contributed by atoms with van der Waals surface area (Å²) >= 11 is 5.58. The van der Waals surface area contributed by atoms with E-state index in [-0.39, 0.29) is 28.7 Å². The minimum Gasteiger partial charge on any atom is -0.462 e. The van der Waals surface area contributed by atoms with E-state index >= 15 is 8.78 Å². The van der Waals surface area contributed by atoms with Gasteiger partial charge >= 0.3 is 12.6 Å². The first-order valence-electron chi connectivity index (χ1n) is 12.6. The highest BCUT2D eigenvalue weighted by Gasteiger charge is 2.65. The van der Waals surface area contributed by atoms with E-state index in [0.29, 0.717) is 0 Å². The van der Waals surface area contributed by atoms with Crippen molar-refractivity contribution >= 4 is 47.3 Å². The fourth-order valence-corrected chi connectivity index (χ4v) is 6.55. The predicted molar refractivity (Wildman–Crippen MR) is 150 cm³/mol. The fourth-order valence-electron chi connectivity index (χ4n) is 4.15. The Morgan fingerprint density at radius 3 is 2.61 bits per heavy atom. The number of aliphatic hydroxyl groups excluding tert-OH is 1. The summed E-state index contributed by atoms with van der Waals surface area (Å²) in [4.78, 5) is 24.7. The maximum atomic E-state index is 16.3. The van der Waals surface area contributed by atoms with Crippen LogP contribution >= 0.6 is 6.64 Å². The lowest BCUT2D eigenvalue weighted by atomic mass is 9.97. The van der Waals surface area contributed by atoms with E-state index in [9.17, 15) is 9.90 Å². The van der Waals surface area contributed by atoms with Crippen molar-refractivity contribution in [3.8, 4) is 5.75 Å². The van der Waals surface area contributed by atoms with Crippen molar-refractivity contribution in [2.75, 3.05) is 24.7 Å². The number of imidazole rings is 1. The molecule has 0 spiro atoms. The van der Waals surface area contributed by atoms with Crippen LogP contribution in [0.25, 0.3) is 11.2 Å². The second-order valence-electron chi connectivity index (χ2n) is 9.83. The topological polar surface area (TPSA) is 168 Å². The number of carbonyl (C=O) groups excluding carboxylic acids is 1. The zero-order valence-electron chi connectivity index (χ0n) is 22.9. The van der Waals surface area contributed by atoms with Crippen LogP contribution in [0, 0.1) is 0 Å². The first-order chi connectivity index (χ1) is 19.2. The zero-order chi connectivity index (χ0) is 30.2. The lowest BCUT2D eigenvalue weighted by molar-refractivity contribution is -0.202. The summed E-state index contributed by atoms with van der Waals surface area (Å²) in [5.41, 5.74) is 3.35. The molecule has 0 radical (unpaired) electrons. The summed E-state index contributed by atoms with van der Waals surface area (Å²) in [5.74, 6) is -3.37. The number of alkyl halides is 2. The van der Waals surface area contributed by atoms with Gasteiger partial charge in [-0.05, 0) is 51.6 Å². The van der Waals surface area contributed by atoms with Crippen LogP contribution < -0.4 is 20.7 Å². The van der Waals surface area contributed by atoms with Gasteiger partial charge in [0, 0.05) is 7.05 Å². The fraction of sp³-hybridized carbons (Fsp3) is 0.500. The average molecular weight is 616 g/mol. The van der Waals surface area contributed by atoms with E-state index < -0.39 is 55.2 Å². The number of nitrogens with one attached hydrogen (secondary N) is 2. The van der Waals surface area contributed by atoms with Crippen molar-refractivity contribution in [1.82, 2.24) is 24.6 Å². The van der Waals surface area contributed by atoms with Crippen molar-refractivity contribution in [3.63, 3.8) is 0 Å². The third kappa shape index (κ3) is 6.42. The number of ether oxygens (including phenoxy) is 2. The van der Waals surface area contributed by atoms with Crippen molar-refractivity contribution in [2.24, 2.45) is 0 Å². The van der Waals surface area contributed by atoms with Gasteiger partial charge in [-0.25, -0.2) is 18.9 Å². The molecule has 0 unspecified atom stereocenters. The molecule has 1 aliphatic heterocycles. The van der Waals surface area contributed by atoms with Gasteiger partial charge in [0.15, 0.2) is 35.0 Å². The maximum absolute atomic E-state index is 16.3. The van der Waals surface area contributed by atoms with Gasteiger partial charge in [0.25, 0.3) is 5.85 Å². The van der Waals surface area contributed by atoms with Gasteiger partial charge in [0.2, 0.25) is 5.95 Å². The minimum atomic E-state index is -3.73. The second kappa shape index (κ2) is 11.7. The van der Waals surface area contributed by atoms with E-state index in [1.165, 1.54) is 13.3 Å². The Bertz CT molecular complexity index is 1450. The number of anilines is 2. The molecule has 1 fully saturated rings. The molecular weight excluding hydrogens is 583 g/mol. The molecule has 1 aromatic carbocycles. The Kier molecular flexibility index (Phi) is 8.83. The van der Waals surface area contributed by atoms with Gasteiger partial charge in [-0.3, -0.25) is 9.36 Å². The number of nitrogens with two attached hydrogens (primary N) is 1. The SMILES string of the molecule is CNc1nc(N)nc2c1ncn2[C@@H]1O[C@](F)(CO[P@@](=S)(N[C@H](C)C(=O)OC(C)C)Oc2ccccc2)[C@@H](O)[C@@]1(C)F. The molecule has 1 aliphatic rings. The Hall–Kier alpha value is -3.01. The summed E-state index contributed by atoms with van der Waals surface area (Å²) in [5, 5.41) is 16.4. The molecule has 3 heterocycles.